The summed E-state index contributed by atoms with van der Waals surface area (Å²) in [5.41, 5.74) is 0. The first-order valence-corrected chi connectivity index (χ1v) is 18.7. The zero-order valence-corrected chi connectivity index (χ0v) is 28.9. The van der Waals surface area contributed by atoms with E-state index in [0.717, 1.165) is 26.4 Å². The summed E-state index contributed by atoms with van der Waals surface area (Å²) < 4.78 is 43.9. The number of halogens is 1. The molecule has 0 saturated carbocycles. The van der Waals surface area contributed by atoms with Gasteiger partial charge in [0, 0.05) is 45.9 Å². The summed E-state index contributed by atoms with van der Waals surface area (Å²) in [5.74, 6) is 0. The number of ether oxygens (including phenoxy) is 2. The van der Waals surface area contributed by atoms with Crippen molar-refractivity contribution in [3.63, 3.8) is 0 Å². The summed E-state index contributed by atoms with van der Waals surface area (Å²) >= 11 is 0. The second-order valence-corrected chi connectivity index (χ2v) is 15.1. The number of rotatable bonds is 7. The third-order valence-corrected chi connectivity index (χ3v) is 11.9. The molecule has 0 spiro atoms. The molecule has 2 saturated heterocycles. The molecule has 0 amide bonds. The summed E-state index contributed by atoms with van der Waals surface area (Å²) in [4.78, 5) is 0. The third-order valence-electron chi connectivity index (χ3n) is 6.47. The number of hydrogen-bond donors (Lipinski definition) is 0. The predicted octanol–water partition coefficient (Wildman–Crippen LogP) is 2.09. The first-order chi connectivity index (χ1) is 20.9. The van der Waals surface area contributed by atoms with Crippen LogP contribution < -0.4 is 39.9 Å². The molecule has 10 heteroatoms. The summed E-state index contributed by atoms with van der Waals surface area (Å²) in [6.07, 6.45) is 7.53. The van der Waals surface area contributed by atoms with Crippen LogP contribution in [0.15, 0.2) is 121 Å². The van der Waals surface area contributed by atoms with Crippen molar-refractivity contribution >= 4 is 37.1 Å². The van der Waals surface area contributed by atoms with E-state index in [1.807, 2.05) is 0 Å². The predicted molar refractivity (Wildman–Crippen MR) is 168 cm³/mol. The van der Waals surface area contributed by atoms with Gasteiger partial charge in [0.05, 0.1) is 0 Å². The van der Waals surface area contributed by atoms with Gasteiger partial charge < -0.3 is 9.47 Å². The van der Waals surface area contributed by atoms with Crippen LogP contribution in [0.2, 0.25) is 0 Å². The molecule has 0 atom stereocenters. The van der Waals surface area contributed by atoms with Gasteiger partial charge in [-0.2, -0.15) is 0 Å². The minimum atomic E-state index is -4.94. The molecule has 44 heavy (non-hydrogen) atoms. The van der Waals surface area contributed by atoms with Crippen LogP contribution in [0, 0.1) is 10.2 Å². The molecule has 2 fully saturated rings. The van der Waals surface area contributed by atoms with Crippen molar-refractivity contribution in [3.05, 3.63) is 121 Å². The molecule has 239 valence electrons. The maximum atomic E-state index is 8.49. The van der Waals surface area contributed by atoms with Gasteiger partial charge in [-0.15, -0.1) is 10.2 Å². The third kappa shape index (κ3) is 16.6. The van der Waals surface area contributed by atoms with Crippen molar-refractivity contribution in [2.75, 3.05) is 38.8 Å². The second-order valence-electron chi connectivity index (χ2n) is 9.66. The van der Waals surface area contributed by atoms with E-state index in [2.05, 4.69) is 121 Å². The van der Waals surface area contributed by atoms with E-state index in [0.29, 0.717) is 0 Å². The molecule has 2 aliphatic rings. The zero-order valence-electron chi connectivity index (χ0n) is 24.7. The summed E-state index contributed by atoms with van der Waals surface area (Å²) in [5, 5.41) is 5.89. The average molecular weight is 745 g/mol. The van der Waals surface area contributed by atoms with E-state index in [-0.39, 0.29) is 35.3 Å². The molecule has 6 nitrogen and oxygen atoms in total. The SMILES string of the molecule is C1CCOC1.C1CCOC1.[O-][Cl+3]([O-])([O-])[O-].[Rh].c1ccc(P(CCP(c2ccccc2)c2ccccc2)c2ccccc2)cc1. The fourth-order valence-electron chi connectivity index (χ4n) is 4.47. The molecule has 0 aromatic heterocycles. The fourth-order valence-corrected chi connectivity index (χ4v) is 9.82. The Morgan fingerprint density at radius 3 is 0.795 bits per heavy atom. The molecule has 0 unspecified atom stereocenters. The molecule has 6 rings (SSSR count). The quantitative estimate of drug-likeness (QED) is 0.212. The van der Waals surface area contributed by atoms with Gasteiger partial charge in [0.25, 0.3) is 0 Å². The summed E-state index contributed by atoms with van der Waals surface area (Å²) in [6, 6.07) is 44.2. The second kappa shape index (κ2) is 22.8. The van der Waals surface area contributed by atoms with Gasteiger partial charge in [-0.1, -0.05) is 121 Å². The smallest absolute Gasteiger partial charge is 0.0466 e. The number of benzene rings is 4. The van der Waals surface area contributed by atoms with E-state index in [1.54, 1.807) is 0 Å². The van der Waals surface area contributed by atoms with Crippen molar-refractivity contribution < 1.29 is 57.8 Å². The molecule has 2 aliphatic heterocycles. The van der Waals surface area contributed by atoms with Crippen LogP contribution in [0.4, 0.5) is 0 Å². The molecule has 0 N–H and O–H groups in total. The van der Waals surface area contributed by atoms with Crippen molar-refractivity contribution in [2.24, 2.45) is 0 Å². The Kier molecular flexibility index (Phi) is 20.0. The molecular formula is C34H40ClO6P2Rh-. The first kappa shape index (κ1) is 38.6. The van der Waals surface area contributed by atoms with E-state index < -0.39 is 10.2 Å². The summed E-state index contributed by atoms with van der Waals surface area (Å²) in [7, 11) is -5.64. The van der Waals surface area contributed by atoms with Gasteiger partial charge >= 0.3 is 0 Å². The molecule has 2 heterocycles. The van der Waals surface area contributed by atoms with Gasteiger partial charge in [-0.25, -0.2) is 18.6 Å². The Morgan fingerprint density at radius 1 is 0.432 bits per heavy atom. The van der Waals surface area contributed by atoms with Crippen LogP contribution in [0.1, 0.15) is 25.7 Å². The maximum absolute atomic E-state index is 8.49. The van der Waals surface area contributed by atoms with Crippen molar-refractivity contribution in [1.29, 1.82) is 0 Å². The van der Waals surface area contributed by atoms with Gasteiger partial charge in [0.15, 0.2) is 0 Å². The van der Waals surface area contributed by atoms with Gasteiger partial charge in [-0.05, 0) is 75.1 Å². The van der Waals surface area contributed by atoms with Crippen LogP contribution >= 0.6 is 15.8 Å². The Morgan fingerprint density at radius 2 is 0.636 bits per heavy atom. The average Bonchev–Trinajstić information content (AvgIpc) is 3.81. The molecule has 1 radical (unpaired) electrons. The Hall–Kier alpha value is -1.59. The van der Waals surface area contributed by atoms with Crippen molar-refractivity contribution in [1.82, 2.24) is 0 Å². The largest absolute Gasteiger partial charge is 0.381 e. The van der Waals surface area contributed by atoms with Crippen LogP contribution in [0.5, 0.6) is 0 Å². The Labute approximate surface area is 279 Å². The van der Waals surface area contributed by atoms with Crippen LogP contribution in [-0.4, -0.2) is 38.8 Å². The fraction of sp³-hybridized carbons (Fsp3) is 0.294. The molecule has 4 aromatic carbocycles. The molecule has 0 bridgehead atoms. The topological polar surface area (TPSA) is 111 Å². The van der Waals surface area contributed by atoms with Crippen LogP contribution in [-0.2, 0) is 29.0 Å². The van der Waals surface area contributed by atoms with Crippen molar-refractivity contribution in [3.8, 4) is 0 Å². The van der Waals surface area contributed by atoms with E-state index in [1.165, 1.54) is 59.2 Å². The Balaban J connectivity index is 0.000000344. The van der Waals surface area contributed by atoms with Gasteiger partial charge in [-0.3, -0.25) is 0 Å². The zero-order chi connectivity index (χ0) is 30.6. The van der Waals surface area contributed by atoms with E-state index in [4.69, 9.17) is 28.1 Å². The maximum Gasteiger partial charge on any atom is 0.0466 e. The minimum Gasteiger partial charge on any atom is -0.381 e. The summed E-state index contributed by atoms with van der Waals surface area (Å²) in [6.45, 7) is 4.00. The molecule has 4 aromatic rings. The van der Waals surface area contributed by atoms with Gasteiger partial charge in [0.2, 0.25) is 0 Å². The normalized spacial score (nSPS) is 13.9. The number of hydrogen-bond acceptors (Lipinski definition) is 6. The molecular weight excluding hydrogens is 705 g/mol. The van der Waals surface area contributed by atoms with Gasteiger partial charge in [0.1, 0.15) is 0 Å². The minimum absolute atomic E-state index is 0. The van der Waals surface area contributed by atoms with Crippen molar-refractivity contribution in [2.45, 2.75) is 25.7 Å². The van der Waals surface area contributed by atoms with E-state index in [9.17, 15) is 0 Å². The molecule has 0 aliphatic carbocycles. The Bertz CT molecular complexity index is 1040. The van der Waals surface area contributed by atoms with Crippen LogP contribution in [0.25, 0.3) is 0 Å². The standard InChI is InChI=1S/C26H24P2.2C4H8O.ClHO4.Rh/c1-5-13-23(14-6-1)27(24-15-7-2-8-16-24)21-22-28(25-17-9-3-10-18-25)26-19-11-4-12-20-26;2*1-2-4-5-3-1;2-1(3,4)5;/h1-20H,21-22H2;2*1-4H2;(H,2,3,4,5);/p-1. The van der Waals surface area contributed by atoms with Crippen LogP contribution in [0.3, 0.4) is 0 Å². The van der Waals surface area contributed by atoms with E-state index >= 15 is 0 Å². The first-order valence-electron chi connectivity index (χ1n) is 14.4. The monoisotopic (exact) mass is 744 g/mol.